The molecule has 2 atom stereocenters. The van der Waals surface area contributed by atoms with E-state index in [9.17, 15) is 19.8 Å². The first-order valence-electron chi connectivity index (χ1n) is 16.0. The first-order valence-corrected chi connectivity index (χ1v) is 17.1. The zero-order valence-electron chi connectivity index (χ0n) is 27.0. The third kappa shape index (κ3) is 7.64. The summed E-state index contributed by atoms with van der Waals surface area (Å²) in [6, 6.07) is 14.7. The Hall–Kier alpha value is -3.93. The molecule has 2 amide bonds. The third-order valence-corrected chi connectivity index (χ3v) is 10.0. The molecule has 6 rings (SSSR count). The van der Waals surface area contributed by atoms with Crippen LogP contribution in [0, 0.1) is 0 Å². The van der Waals surface area contributed by atoms with Gasteiger partial charge in [0.15, 0.2) is 0 Å². The number of nitrogens with zero attached hydrogens (tertiary/aromatic N) is 4. The summed E-state index contributed by atoms with van der Waals surface area (Å²) < 4.78 is 5.59. The van der Waals surface area contributed by atoms with E-state index in [0.29, 0.717) is 74.6 Å². The number of carboxylic acid groups (broad SMARTS) is 1. The van der Waals surface area contributed by atoms with Gasteiger partial charge in [-0.15, -0.1) is 0 Å². The van der Waals surface area contributed by atoms with Crippen LogP contribution in [0.15, 0.2) is 54.7 Å². The van der Waals surface area contributed by atoms with E-state index in [2.05, 4.69) is 21.3 Å². The lowest BCUT2D eigenvalue weighted by molar-refractivity contribution is -0.119. The molecule has 3 N–H and O–H groups in total. The highest BCUT2D eigenvalue weighted by Gasteiger charge is 2.27. The number of aliphatic hydroxyl groups is 1. The molecule has 256 valence electrons. The molecule has 0 bridgehead atoms. The topological polar surface area (TPSA) is 128 Å². The SMILES string of the molecule is COc1nc(-c2cccc(-c3ccnc(-c4cc(Cl)c5c(c4)CCN(C[C@H](C)O)C5)c3Cl)c2Cl)ccc1CN(C[C@@H]1CCC(=O)N1)C(=O)O. The van der Waals surface area contributed by atoms with Gasteiger partial charge in [-0.05, 0) is 61.2 Å². The lowest BCUT2D eigenvalue weighted by atomic mass is 9.94. The minimum Gasteiger partial charge on any atom is -0.481 e. The Morgan fingerprint density at radius 3 is 2.59 bits per heavy atom. The zero-order chi connectivity index (χ0) is 34.8. The van der Waals surface area contributed by atoms with Gasteiger partial charge in [-0.2, -0.15) is 0 Å². The Morgan fingerprint density at radius 2 is 1.88 bits per heavy atom. The monoisotopic (exact) mass is 723 g/mol. The molecule has 2 aliphatic heterocycles. The highest BCUT2D eigenvalue weighted by atomic mass is 35.5. The number of carbonyl (C=O) groups is 2. The lowest BCUT2D eigenvalue weighted by Gasteiger charge is -2.30. The smallest absolute Gasteiger partial charge is 0.407 e. The van der Waals surface area contributed by atoms with E-state index in [1.165, 1.54) is 12.0 Å². The first kappa shape index (κ1) is 34.9. The maximum Gasteiger partial charge on any atom is 0.407 e. The normalized spacial score (nSPS) is 16.6. The number of hydrogen-bond donors (Lipinski definition) is 3. The zero-order valence-corrected chi connectivity index (χ0v) is 29.3. The maximum absolute atomic E-state index is 12.0. The van der Waals surface area contributed by atoms with Crippen LogP contribution in [0.4, 0.5) is 4.79 Å². The van der Waals surface area contributed by atoms with Crippen LogP contribution in [0.25, 0.3) is 33.6 Å². The van der Waals surface area contributed by atoms with Crippen molar-refractivity contribution in [1.29, 1.82) is 0 Å². The van der Waals surface area contributed by atoms with Gasteiger partial charge >= 0.3 is 6.09 Å². The number of methoxy groups -OCH3 is 1. The predicted octanol–water partition coefficient (Wildman–Crippen LogP) is 6.94. The second-order valence-corrected chi connectivity index (χ2v) is 13.6. The minimum absolute atomic E-state index is 0.0359. The van der Waals surface area contributed by atoms with E-state index in [-0.39, 0.29) is 30.9 Å². The number of nitrogens with one attached hydrogen (secondary N) is 1. The fourth-order valence-corrected chi connectivity index (χ4v) is 7.49. The molecular weight excluding hydrogens is 689 g/mol. The second-order valence-electron chi connectivity index (χ2n) is 12.4. The highest BCUT2D eigenvalue weighted by Crippen LogP contribution is 2.43. The number of aliphatic hydroxyl groups excluding tert-OH is 1. The molecule has 0 spiro atoms. The van der Waals surface area contributed by atoms with E-state index >= 15 is 0 Å². The summed E-state index contributed by atoms with van der Waals surface area (Å²) in [7, 11) is 1.48. The number of benzene rings is 2. The Kier molecular flexibility index (Phi) is 10.6. The Bertz CT molecular complexity index is 1910. The number of β-amino-alcohol motifs (C(OH)–C–C–N with tert-alkyl or cyclic N) is 1. The molecule has 0 unspecified atom stereocenters. The summed E-state index contributed by atoms with van der Waals surface area (Å²) in [5.74, 6) is 0.190. The lowest BCUT2D eigenvalue weighted by Crippen LogP contribution is -2.41. The number of pyridine rings is 2. The molecule has 2 aromatic heterocycles. The number of hydrogen-bond acceptors (Lipinski definition) is 7. The van der Waals surface area contributed by atoms with Crippen LogP contribution < -0.4 is 10.1 Å². The van der Waals surface area contributed by atoms with Crippen molar-refractivity contribution in [2.45, 2.75) is 51.4 Å². The van der Waals surface area contributed by atoms with Crippen molar-refractivity contribution < 1.29 is 24.5 Å². The molecule has 0 aliphatic carbocycles. The molecule has 10 nitrogen and oxygen atoms in total. The molecule has 0 saturated carbocycles. The van der Waals surface area contributed by atoms with Crippen molar-refractivity contribution in [2.75, 3.05) is 26.7 Å². The molecule has 4 aromatic rings. The van der Waals surface area contributed by atoms with Crippen LogP contribution in [0.3, 0.4) is 0 Å². The van der Waals surface area contributed by atoms with Crippen molar-refractivity contribution in [3.05, 3.63) is 86.5 Å². The van der Waals surface area contributed by atoms with Gasteiger partial charge in [0.25, 0.3) is 0 Å². The predicted molar refractivity (Wildman–Crippen MR) is 190 cm³/mol. The number of amides is 2. The molecule has 2 aromatic carbocycles. The largest absolute Gasteiger partial charge is 0.481 e. The van der Waals surface area contributed by atoms with E-state index < -0.39 is 12.2 Å². The molecule has 49 heavy (non-hydrogen) atoms. The van der Waals surface area contributed by atoms with Crippen molar-refractivity contribution in [2.24, 2.45) is 0 Å². The molecule has 4 heterocycles. The fraction of sp³-hybridized carbons (Fsp3) is 0.333. The molecule has 2 aliphatic rings. The van der Waals surface area contributed by atoms with Gasteiger partial charge in [-0.25, -0.2) is 9.78 Å². The second kappa shape index (κ2) is 14.9. The van der Waals surface area contributed by atoms with E-state index in [1.54, 1.807) is 25.3 Å². The molecule has 1 fully saturated rings. The van der Waals surface area contributed by atoms with Crippen LogP contribution in [0.5, 0.6) is 5.88 Å². The van der Waals surface area contributed by atoms with E-state index in [1.807, 2.05) is 30.3 Å². The van der Waals surface area contributed by atoms with Gasteiger partial charge in [-0.1, -0.05) is 53.0 Å². The summed E-state index contributed by atoms with van der Waals surface area (Å²) in [6.45, 7) is 4.06. The van der Waals surface area contributed by atoms with Gasteiger partial charge in [0.2, 0.25) is 11.8 Å². The van der Waals surface area contributed by atoms with Crippen LogP contribution in [-0.4, -0.2) is 80.9 Å². The van der Waals surface area contributed by atoms with Crippen LogP contribution in [0.2, 0.25) is 15.1 Å². The number of ether oxygens (including phenoxy) is 1. The van der Waals surface area contributed by atoms with Crippen molar-refractivity contribution in [1.82, 2.24) is 25.1 Å². The average molecular weight is 725 g/mol. The maximum atomic E-state index is 12.0. The summed E-state index contributed by atoms with van der Waals surface area (Å²) in [5, 5.41) is 24.0. The molecular formula is C36H36Cl3N5O5. The quantitative estimate of drug-likeness (QED) is 0.161. The van der Waals surface area contributed by atoms with Crippen LogP contribution in [0.1, 0.15) is 36.5 Å². The summed E-state index contributed by atoms with van der Waals surface area (Å²) >= 11 is 20.9. The van der Waals surface area contributed by atoms with Crippen molar-refractivity contribution in [3.8, 4) is 39.5 Å². The Morgan fingerprint density at radius 1 is 1.10 bits per heavy atom. The molecule has 1 saturated heterocycles. The van der Waals surface area contributed by atoms with Gasteiger partial charge < -0.3 is 25.2 Å². The number of aromatic nitrogens is 2. The summed E-state index contributed by atoms with van der Waals surface area (Å²) in [5.41, 5.74) is 6.70. The first-order chi connectivity index (χ1) is 23.5. The van der Waals surface area contributed by atoms with Gasteiger partial charge in [0.05, 0.1) is 41.2 Å². The Labute approximate surface area is 299 Å². The van der Waals surface area contributed by atoms with Crippen LogP contribution in [-0.2, 0) is 24.3 Å². The fourth-order valence-electron chi connectivity index (χ4n) is 6.54. The number of fused-ring (bicyclic) bond motifs is 1. The Balaban J connectivity index is 1.28. The minimum atomic E-state index is -1.10. The van der Waals surface area contributed by atoms with Gasteiger partial charge in [0, 0.05) is 77.7 Å². The van der Waals surface area contributed by atoms with Crippen LogP contribution >= 0.6 is 34.8 Å². The molecule has 0 radical (unpaired) electrons. The number of carbonyl (C=O) groups excluding carboxylic acids is 1. The van der Waals surface area contributed by atoms with Crippen molar-refractivity contribution in [3.63, 3.8) is 0 Å². The van der Waals surface area contributed by atoms with E-state index in [4.69, 9.17) is 44.5 Å². The summed E-state index contributed by atoms with van der Waals surface area (Å²) in [4.78, 5) is 36.4. The summed E-state index contributed by atoms with van der Waals surface area (Å²) in [6.07, 6.45) is 1.94. The average Bonchev–Trinajstić information content (AvgIpc) is 3.49. The van der Waals surface area contributed by atoms with Crippen molar-refractivity contribution >= 4 is 46.8 Å². The number of halogens is 3. The van der Waals surface area contributed by atoms with E-state index in [0.717, 1.165) is 29.7 Å². The third-order valence-electron chi connectivity index (χ3n) is 8.91. The number of rotatable bonds is 10. The van der Waals surface area contributed by atoms with Gasteiger partial charge in [0.1, 0.15) is 0 Å². The highest BCUT2D eigenvalue weighted by molar-refractivity contribution is 6.39. The standard InChI is InChI=1S/C36H36Cl3N5O5/c1-20(45)16-43-13-11-21-14-23(15-29(37)28(21)19-43)34-33(39)26(10-12-40-34)25-4-3-5-27(32(25)38)30-8-6-22(35(42-30)49-2)17-44(36(47)48)18-24-7-9-31(46)41-24/h3-6,8,10,12,14-15,20,24,45H,7,9,11,13,16-19H2,1-2H3,(H,41,46)(H,47,48)/t20-,24-/m0/s1. The molecule has 13 heteroatoms. The van der Waals surface area contributed by atoms with Gasteiger partial charge in [-0.3, -0.25) is 14.7 Å².